The smallest absolute Gasteiger partial charge is 0.243 e. The molecule has 0 spiro atoms. The van der Waals surface area contributed by atoms with Crippen LogP contribution < -0.4 is 10.1 Å². The Hall–Kier alpha value is -3.63. The van der Waals surface area contributed by atoms with Crippen LogP contribution in [0.2, 0.25) is 0 Å². The van der Waals surface area contributed by atoms with Crippen LogP contribution >= 0.6 is 0 Å². The van der Waals surface area contributed by atoms with Gasteiger partial charge in [-0.3, -0.25) is 14.6 Å². The SMILES string of the molecule is CC(=O)c1ccc(S(=O)(=O)N2CCC(C(=O)Nc3ncccc3OCc3ccncc3)CC2)cc1. The Morgan fingerprint density at radius 3 is 2.37 bits per heavy atom. The molecule has 0 atom stereocenters. The molecule has 0 unspecified atom stereocenters. The Bertz CT molecular complexity index is 1290. The third-order valence-electron chi connectivity index (χ3n) is 5.88. The average Bonchev–Trinajstić information content (AvgIpc) is 2.89. The highest BCUT2D eigenvalue weighted by molar-refractivity contribution is 7.89. The van der Waals surface area contributed by atoms with E-state index in [1.54, 1.807) is 30.7 Å². The molecule has 35 heavy (non-hydrogen) atoms. The van der Waals surface area contributed by atoms with Gasteiger partial charge in [-0.2, -0.15) is 4.31 Å². The third kappa shape index (κ3) is 5.90. The van der Waals surface area contributed by atoms with Crippen LogP contribution in [-0.4, -0.2) is 47.5 Å². The van der Waals surface area contributed by atoms with E-state index in [-0.39, 0.29) is 35.6 Å². The summed E-state index contributed by atoms with van der Waals surface area (Å²) in [7, 11) is -3.70. The molecule has 1 N–H and O–H groups in total. The number of rotatable bonds is 8. The number of hydrogen-bond acceptors (Lipinski definition) is 7. The Kier molecular flexibility index (Phi) is 7.52. The lowest BCUT2D eigenvalue weighted by molar-refractivity contribution is -0.121. The standard InChI is InChI=1S/C25H26N4O5S/c1-18(30)20-4-6-22(7-5-20)35(32,33)29-15-10-21(11-16-29)25(31)28-24-23(3-2-12-27-24)34-17-19-8-13-26-14-9-19/h2-9,12-14,21H,10-11,15-17H2,1H3,(H,27,28,31). The third-order valence-corrected chi connectivity index (χ3v) is 7.79. The van der Waals surface area contributed by atoms with Gasteiger partial charge in [0.25, 0.3) is 0 Å². The van der Waals surface area contributed by atoms with Crippen molar-refractivity contribution in [3.05, 3.63) is 78.2 Å². The first-order valence-corrected chi connectivity index (χ1v) is 12.7. The summed E-state index contributed by atoms with van der Waals surface area (Å²) in [6.45, 7) is 2.19. The van der Waals surface area contributed by atoms with E-state index in [0.717, 1.165) is 5.56 Å². The first-order chi connectivity index (χ1) is 16.8. The number of nitrogens with one attached hydrogen (secondary N) is 1. The van der Waals surface area contributed by atoms with Gasteiger partial charge in [-0.1, -0.05) is 12.1 Å². The quantitative estimate of drug-likeness (QED) is 0.477. The molecule has 3 heterocycles. The van der Waals surface area contributed by atoms with Crippen LogP contribution in [0.4, 0.5) is 5.82 Å². The molecule has 0 radical (unpaired) electrons. The van der Waals surface area contributed by atoms with Crippen molar-refractivity contribution in [3.8, 4) is 5.75 Å². The van der Waals surface area contributed by atoms with Crippen LogP contribution in [0.3, 0.4) is 0 Å². The number of aromatic nitrogens is 2. The second kappa shape index (κ2) is 10.7. The van der Waals surface area contributed by atoms with E-state index in [0.29, 0.717) is 36.6 Å². The Morgan fingerprint density at radius 1 is 1.03 bits per heavy atom. The second-order valence-electron chi connectivity index (χ2n) is 8.24. The van der Waals surface area contributed by atoms with Crippen molar-refractivity contribution in [2.24, 2.45) is 5.92 Å². The maximum absolute atomic E-state index is 13.0. The predicted octanol–water partition coefficient (Wildman–Crippen LogP) is 3.30. The molecule has 1 aromatic carbocycles. The molecule has 182 valence electrons. The lowest BCUT2D eigenvalue weighted by Crippen LogP contribution is -2.41. The van der Waals surface area contributed by atoms with E-state index < -0.39 is 10.0 Å². The lowest BCUT2D eigenvalue weighted by Gasteiger charge is -2.30. The van der Waals surface area contributed by atoms with Crippen LogP contribution in [-0.2, 0) is 21.4 Å². The fourth-order valence-electron chi connectivity index (χ4n) is 3.83. The molecule has 3 aromatic rings. The number of amides is 1. The number of benzene rings is 1. The second-order valence-corrected chi connectivity index (χ2v) is 10.2. The van der Waals surface area contributed by atoms with Crippen LogP contribution in [0.5, 0.6) is 5.75 Å². The topological polar surface area (TPSA) is 119 Å². The van der Waals surface area contributed by atoms with Gasteiger partial charge < -0.3 is 10.1 Å². The van der Waals surface area contributed by atoms with E-state index in [1.165, 1.54) is 35.5 Å². The number of carbonyl (C=O) groups excluding carboxylic acids is 2. The van der Waals surface area contributed by atoms with E-state index >= 15 is 0 Å². The summed E-state index contributed by atoms with van der Waals surface area (Å²) >= 11 is 0. The minimum atomic E-state index is -3.70. The van der Waals surface area contributed by atoms with Gasteiger partial charge in [0.05, 0.1) is 4.90 Å². The van der Waals surface area contributed by atoms with Crippen molar-refractivity contribution >= 4 is 27.5 Å². The zero-order valence-electron chi connectivity index (χ0n) is 19.3. The number of hydrogen-bond donors (Lipinski definition) is 1. The molecule has 9 nitrogen and oxygen atoms in total. The molecule has 1 saturated heterocycles. The normalized spacial score (nSPS) is 14.9. The van der Waals surface area contributed by atoms with Gasteiger partial charge >= 0.3 is 0 Å². The molecular weight excluding hydrogens is 468 g/mol. The zero-order valence-corrected chi connectivity index (χ0v) is 20.1. The molecule has 4 rings (SSSR count). The van der Waals surface area contributed by atoms with Gasteiger partial charge in [0, 0.05) is 43.2 Å². The van der Waals surface area contributed by atoms with Crippen molar-refractivity contribution in [1.82, 2.24) is 14.3 Å². The Balaban J connectivity index is 1.35. The molecule has 1 aliphatic rings. The van der Waals surface area contributed by atoms with E-state index in [4.69, 9.17) is 4.74 Å². The summed E-state index contributed by atoms with van der Waals surface area (Å²) in [4.78, 5) is 32.7. The Morgan fingerprint density at radius 2 is 1.71 bits per heavy atom. The summed E-state index contributed by atoms with van der Waals surface area (Å²) in [5, 5.41) is 2.83. The van der Waals surface area contributed by atoms with E-state index in [2.05, 4.69) is 15.3 Å². The molecule has 1 amide bonds. The first kappa shape index (κ1) is 24.5. The molecule has 0 aliphatic carbocycles. The van der Waals surface area contributed by atoms with Crippen LogP contribution in [0.25, 0.3) is 0 Å². The number of piperidine rings is 1. The van der Waals surface area contributed by atoms with Gasteiger partial charge in [0.15, 0.2) is 17.4 Å². The van der Waals surface area contributed by atoms with Gasteiger partial charge in [0.1, 0.15) is 6.61 Å². The first-order valence-electron chi connectivity index (χ1n) is 11.2. The van der Waals surface area contributed by atoms with Gasteiger partial charge in [-0.25, -0.2) is 13.4 Å². The van der Waals surface area contributed by atoms with Crippen LogP contribution in [0, 0.1) is 5.92 Å². The van der Waals surface area contributed by atoms with Crippen molar-refractivity contribution in [2.45, 2.75) is 31.3 Å². The number of Topliss-reactive ketones (excluding diaryl/α,β-unsaturated/α-hetero) is 1. The highest BCUT2D eigenvalue weighted by Gasteiger charge is 2.32. The average molecular weight is 495 g/mol. The summed E-state index contributed by atoms with van der Waals surface area (Å²) in [6.07, 6.45) is 5.70. The minimum absolute atomic E-state index is 0.125. The van der Waals surface area contributed by atoms with Crippen LogP contribution in [0.1, 0.15) is 35.7 Å². The van der Waals surface area contributed by atoms with E-state index in [1.807, 2.05) is 12.1 Å². The lowest BCUT2D eigenvalue weighted by atomic mass is 9.97. The fourth-order valence-corrected chi connectivity index (χ4v) is 5.30. The molecule has 2 aromatic heterocycles. The number of sulfonamides is 1. The van der Waals surface area contributed by atoms with E-state index in [9.17, 15) is 18.0 Å². The van der Waals surface area contributed by atoms with Gasteiger partial charge in [-0.05, 0) is 61.7 Å². The maximum Gasteiger partial charge on any atom is 0.243 e. The number of pyridine rings is 2. The van der Waals surface area contributed by atoms with Crippen molar-refractivity contribution in [1.29, 1.82) is 0 Å². The molecule has 1 aliphatic heterocycles. The number of anilines is 1. The molecule has 0 bridgehead atoms. The largest absolute Gasteiger partial charge is 0.485 e. The number of ketones is 1. The van der Waals surface area contributed by atoms with Gasteiger partial charge in [-0.15, -0.1) is 0 Å². The van der Waals surface area contributed by atoms with Crippen molar-refractivity contribution in [3.63, 3.8) is 0 Å². The molecule has 0 saturated carbocycles. The van der Waals surface area contributed by atoms with Gasteiger partial charge in [0.2, 0.25) is 15.9 Å². The minimum Gasteiger partial charge on any atom is -0.485 e. The predicted molar refractivity (Wildman–Crippen MR) is 129 cm³/mol. The van der Waals surface area contributed by atoms with Crippen molar-refractivity contribution < 1.29 is 22.7 Å². The number of nitrogens with zero attached hydrogens (tertiary/aromatic N) is 3. The zero-order chi connectivity index (χ0) is 24.8. The van der Waals surface area contributed by atoms with Crippen molar-refractivity contribution in [2.75, 3.05) is 18.4 Å². The Labute approximate surface area is 204 Å². The summed E-state index contributed by atoms with van der Waals surface area (Å²) in [5.74, 6) is 0.0790. The summed E-state index contributed by atoms with van der Waals surface area (Å²) in [5.41, 5.74) is 1.39. The molecular formula is C25H26N4O5S. The fraction of sp³-hybridized carbons (Fsp3) is 0.280. The number of carbonyl (C=O) groups is 2. The number of ether oxygens (including phenoxy) is 1. The monoisotopic (exact) mass is 494 g/mol. The molecule has 10 heteroatoms. The highest BCUT2D eigenvalue weighted by atomic mass is 32.2. The summed E-state index contributed by atoms with van der Waals surface area (Å²) in [6, 6.07) is 13.1. The van der Waals surface area contributed by atoms with Crippen LogP contribution in [0.15, 0.2) is 72.0 Å². The highest BCUT2D eigenvalue weighted by Crippen LogP contribution is 2.27. The summed E-state index contributed by atoms with van der Waals surface area (Å²) < 4.78 is 33.2. The maximum atomic E-state index is 13.0. The molecule has 1 fully saturated rings.